The Labute approximate surface area is 188 Å². The number of ketones is 1. The van der Waals surface area contributed by atoms with E-state index in [4.69, 9.17) is 19.2 Å². The van der Waals surface area contributed by atoms with E-state index in [-0.39, 0.29) is 23.7 Å². The molecule has 2 spiro atoms. The Kier molecular flexibility index (Phi) is 5.13. The Morgan fingerprint density at radius 2 is 1.97 bits per heavy atom. The third-order valence-electron chi connectivity index (χ3n) is 8.56. The van der Waals surface area contributed by atoms with Crippen LogP contribution in [0.4, 0.5) is 0 Å². The van der Waals surface area contributed by atoms with Gasteiger partial charge in [0, 0.05) is 12.3 Å². The van der Waals surface area contributed by atoms with E-state index in [9.17, 15) is 14.4 Å². The summed E-state index contributed by atoms with van der Waals surface area (Å²) in [6, 6.07) is 0. The van der Waals surface area contributed by atoms with Gasteiger partial charge in [0.2, 0.25) is 0 Å². The Morgan fingerprint density at radius 1 is 1.16 bits per heavy atom. The molecule has 1 unspecified atom stereocenters. The van der Waals surface area contributed by atoms with Gasteiger partial charge in [0.15, 0.2) is 11.2 Å². The number of carbonyl (C=O) groups excluding carboxylic acids is 3. The Morgan fingerprint density at radius 3 is 2.62 bits per heavy atom. The van der Waals surface area contributed by atoms with Crippen LogP contribution in [-0.2, 0) is 33.6 Å². The summed E-state index contributed by atoms with van der Waals surface area (Å²) in [7, 11) is 1.33. The maximum Gasteiger partial charge on any atom is 0.337 e. The summed E-state index contributed by atoms with van der Waals surface area (Å²) in [5, 5.41) is 0. The summed E-state index contributed by atoms with van der Waals surface area (Å²) in [5.41, 5.74) is -3.00. The molecule has 3 fully saturated rings. The molecule has 7 heteroatoms. The lowest BCUT2D eigenvalue weighted by Crippen LogP contribution is -2.76. The summed E-state index contributed by atoms with van der Waals surface area (Å²) in [6.45, 7) is 4.12. The molecule has 174 valence electrons. The second-order valence-electron chi connectivity index (χ2n) is 9.89. The number of methoxy groups -OCH3 is 1. The molecule has 4 bridgehead atoms. The number of hydrogen-bond donors (Lipinski definition) is 0. The zero-order valence-electron chi connectivity index (χ0n) is 19.1. The molecule has 3 aliphatic heterocycles. The summed E-state index contributed by atoms with van der Waals surface area (Å²) < 4.78 is 11.6. The largest absolute Gasteiger partial charge is 0.466 e. The van der Waals surface area contributed by atoms with E-state index in [1.165, 1.54) is 7.11 Å². The molecule has 0 aromatic heterocycles. The fraction of sp³-hybridized carbons (Fsp3) is 0.720. The minimum absolute atomic E-state index is 0.00493. The molecule has 3 heterocycles. The highest BCUT2D eigenvalue weighted by Gasteiger charge is 2.83. The smallest absolute Gasteiger partial charge is 0.337 e. The van der Waals surface area contributed by atoms with Crippen LogP contribution in [0.15, 0.2) is 23.3 Å². The minimum atomic E-state index is -1.31. The number of carbonyl (C=O) groups is 3. The standard InChI is InChI=1S/C25H32O7/c1-4-6-8-20(26)23-11-9-15(13-18(23)21(27)29-3)17(7-5-2)25(23)24-12-10-16(31-32-24)14-19(24)22(28)30-25/h13-17H,4-12H2,1-3H3/t15?,16-,17-,23+,24+,25-/m1/s1. The number of unbranched alkanes of at least 4 members (excludes halogenated alkanes) is 1. The Balaban J connectivity index is 1.80. The van der Waals surface area contributed by atoms with Crippen molar-refractivity contribution in [3.8, 4) is 0 Å². The van der Waals surface area contributed by atoms with Gasteiger partial charge in [0.25, 0.3) is 0 Å². The molecule has 2 saturated heterocycles. The molecule has 0 aromatic carbocycles. The van der Waals surface area contributed by atoms with Gasteiger partial charge in [-0.15, -0.1) is 0 Å². The predicted molar refractivity (Wildman–Crippen MR) is 113 cm³/mol. The van der Waals surface area contributed by atoms with Crippen molar-refractivity contribution in [1.82, 2.24) is 0 Å². The van der Waals surface area contributed by atoms with Crippen LogP contribution in [-0.4, -0.2) is 42.1 Å². The van der Waals surface area contributed by atoms with Crippen molar-refractivity contribution in [3.63, 3.8) is 0 Å². The second kappa shape index (κ2) is 7.52. The molecule has 0 amide bonds. The van der Waals surface area contributed by atoms with Gasteiger partial charge in [0.1, 0.15) is 17.3 Å². The van der Waals surface area contributed by atoms with Gasteiger partial charge in [-0.1, -0.05) is 32.8 Å². The number of ether oxygens (including phenoxy) is 2. The summed E-state index contributed by atoms with van der Waals surface area (Å²) >= 11 is 0. The van der Waals surface area contributed by atoms with Gasteiger partial charge >= 0.3 is 11.9 Å². The molecule has 7 nitrogen and oxygen atoms in total. The van der Waals surface area contributed by atoms with E-state index in [0.29, 0.717) is 43.3 Å². The minimum Gasteiger partial charge on any atom is -0.466 e. The van der Waals surface area contributed by atoms with Crippen molar-refractivity contribution in [3.05, 3.63) is 23.3 Å². The molecular weight excluding hydrogens is 412 g/mol. The van der Waals surface area contributed by atoms with Gasteiger partial charge < -0.3 is 9.47 Å². The van der Waals surface area contributed by atoms with Crippen molar-refractivity contribution in [1.29, 1.82) is 0 Å². The topological polar surface area (TPSA) is 88.1 Å². The van der Waals surface area contributed by atoms with Gasteiger partial charge in [-0.2, -0.15) is 0 Å². The molecule has 7 aliphatic rings. The number of rotatable bonds is 7. The molecule has 0 radical (unpaired) electrons. The lowest BCUT2D eigenvalue weighted by atomic mass is 9.41. The van der Waals surface area contributed by atoms with Gasteiger partial charge in [-0.3, -0.25) is 4.79 Å². The van der Waals surface area contributed by atoms with E-state index in [0.717, 1.165) is 25.7 Å². The third kappa shape index (κ3) is 2.41. The lowest BCUT2D eigenvalue weighted by molar-refractivity contribution is -0.433. The van der Waals surface area contributed by atoms with Crippen LogP contribution in [0.25, 0.3) is 0 Å². The fourth-order valence-electron chi connectivity index (χ4n) is 7.37. The summed E-state index contributed by atoms with van der Waals surface area (Å²) in [6.07, 6.45) is 9.36. The summed E-state index contributed by atoms with van der Waals surface area (Å²) in [5.74, 6) is -1.18. The molecule has 6 atom stereocenters. The van der Waals surface area contributed by atoms with Crippen molar-refractivity contribution < 1.29 is 33.6 Å². The average molecular weight is 445 g/mol. The number of allylic oxidation sites excluding steroid dienone is 1. The van der Waals surface area contributed by atoms with E-state index in [2.05, 4.69) is 6.92 Å². The normalized spacial score (nSPS) is 41.2. The van der Waals surface area contributed by atoms with Crippen LogP contribution >= 0.6 is 0 Å². The molecule has 4 aliphatic carbocycles. The van der Waals surface area contributed by atoms with Gasteiger partial charge in [-0.05, 0) is 50.5 Å². The number of fused-ring (bicyclic) bond motifs is 3. The molecule has 0 N–H and O–H groups in total. The Hall–Kier alpha value is -1.99. The quantitative estimate of drug-likeness (QED) is 0.436. The highest BCUT2D eigenvalue weighted by atomic mass is 17.2. The van der Waals surface area contributed by atoms with Gasteiger partial charge in [-0.25, -0.2) is 19.4 Å². The molecular formula is C25H32O7. The zero-order chi connectivity index (χ0) is 22.7. The summed E-state index contributed by atoms with van der Waals surface area (Å²) in [4.78, 5) is 52.4. The first-order valence-electron chi connectivity index (χ1n) is 12.1. The van der Waals surface area contributed by atoms with Crippen molar-refractivity contribution in [2.45, 2.75) is 88.9 Å². The van der Waals surface area contributed by atoms with E-state index in [1.807, 2.05) is 13.0 Å². The van der Waals surface area contributed by atoms with Crippen LogP contribution in [0.2, 0.25) is 0 Å². The van der Waals surface area contributed by atoms with Crippen molar-refractivity contribution >= 4 is 17.7 Å². The van der Waals surface area contributed by atoms with Crippen LogP contribution in [0.5, 0.6) is 0 Å². The van der Waals surface area contributed by atoms with Crippen LogP contribution < -0.4 is 0 Å². The first-order chi connectivity index (χ1) is 15.4. The first kappa shape index (κ1) is 21.8. The lowest BCUT2D eigenvalue weighted by Gasteiger charge is -2.64. The number of hydrogen-bond acceptors (Lipinski definition) is 7. The van der Waals surface area contributed by atoms with Crippen LogP contribution in [0.3, 0.4) is 0 Å². The monoisotopic (exact) mass is 444 g/mol. The maximum absolute atomic E-state index is 14.2. The van der Waals surface area contributed by atoms with Crippen molar-refractivity contribution in [2.75, 3.05) is 7.11 Å². The first-order valence-corrected chi connectivity index (χ1v) is 12.1. The fourth-order valence-corrected chi connectivity index (χ4v) is 7.37. The average Bonchev–Trinajstić information content (AvgIpc) is 3.08. The van der Waals surface area contributed by atoms with Crippen molar-refractivity contribution in [2.24, 2.45) is 17.3 Å². The second-order valence-corrected chi connectivity index (χ2v) is 9.89. The molecule has 32 heavy (non-hydrogen) atoms. The highest BCUT2D eigenvalue weighted by molar-refractivity contribution is 6.05. The SMILES string of the molecule is CCCCC(=O)[C@]12CCC(C=C1C(=O)OC)[C@@H](CCC)[C@@]21OC(=O)C2=C[C@H]3CC[C@]21OO3. The molecule has 7 rings (SSSR count). The van der Waals surface area contributed by atoms with E-state index >= 15 is 0 Å². The van der Waals surface area contributed by atoms with E-state index < -0.39 is 28.6 Å². The predicted octanol–water partition coefficient (Wildman–Crippen LogP) is 3.76. The third-order valence-corrected chi connectivity index (χ3v) is 8.56. The number of esters is 2. The van der Waals surface area contributed by atoms with Gasteiger partial charge in [0.05, 0.1) is 18.3 Å². The zero-order valence-corrected chi connectivity index (χ0v) is 19.1. The highest BCUT2D eigenvalue weighted by Crippen LogP contribution is 2.71. The number of Topliss-reactive ketones (excluding diaryl/α,β-unsaturated/α-hetero) is 1. The molecule has 1 saturated carbocycles. The maximum atomic E-state index is 14.2. The van der Waals surface area contributed by atoms with Crippen LogP contribution in [0, 0.1) is 17.3 Å². The Bertz CT molecular complexity index is 909. The van der Waals surface area contributed by atoms with E-state index in [1.54, 1.807) is 6.08 Å². The molecule has 0 aromatic rings. The van der Waals surface area contributed by atoms with Crippen LogP contribution in [0.1, 0.15) is 71.6 Å².